The van der Waals surface area contributed by atoms with E-state index in [1.54, 1.807) is 0 Å². The molecule has 0 aliphatic carbocycles. The van der Waals surface area contributed by atoms with Crippen molar-refractivity contribution >= 4 is 0 Å². The van der Waals surface area contributed by atoms with Gasteiger partial charge in [-0.25, -0.2) is 0 Å². The first kappa shape index (κ1) is 30.4. The average molecular weight is 439 g/mol. The number of allylic oxidation sites excluding steroid dienone is 2. The van der Waals surface area contributed by atoms with Crippen LogP contribution in [0.1, 0.15) is 144 Å². The molecule has 0 aliphatic heterocycles. The van der Waals surface area contributed by atoms with E-state index in [1.165, 1.54) is 77.0 Å². The second kappa shape index (κ2) is 20.0. The zero-order valence-electron chi connectivity index (χ0n) is 21.8. The Morgan fingerprint density at radius 3 is 1.16 bits per heavy atom. The molecule has 3 nitrogen and oxygen atoms in total. The molecule has 0 aromatic rings. The van der Waals surface area contributed by atoms with Gasteiger partial charge in [0.25, 0.3) is 0 Å². The van der Waals surface area contributed by atoms with E-state index in [1.807, 2.05) is 26.0 Å². The predicted octanol–water partition coefficient (Wildman–Crippen LogP) is 9.82. The van der Waals surface area contributed by atoms with E-state index in [4.69, 9.17) is 14.8 Å². The van der Waals surface area contributed by atoms with E-state index in [-0.39, 0.29) is 0 Å². The molecule has 0 saturated carbocycles. The van der Waals surface area contributed by atoms with E-state index in [0.717, 1.165) is 25.7 Å². The van der Waals surface area contributed by atoms with Crippen molar-refractivity contribution in [3.63, 3.8) is 0 Å². The number of hydrogen-bond donors (Lipinski definition) is 0. The third-order valence-corrected chi connectivity index (χ3v) is 6.04. The molecule has 0 amide bonds. The Morgan fingerprint density at radius 1 is 0.516 bits per heavy atom. The minimum Gasteiger partial charge on any atom is -0.196 e. The normalized spacial score (nSPS) is 16.2. The molecule has 3 heteroatoms. The van der Waals surface area contributed by atoms with Crippen molar-refractivity contribution in [3.05, 3.63) is 24.3 Å². The molecule has 0 aromatic carbocycles. The zero-order chi connectivity index (χ0) is 23.3. The molecular formula is C28H54O3. The third kappa shape index (κ3) is 17.6. The molecule has 31 heavy (non-hydrogen) atoms. The zero-order valence-corrected chi connectivity index (χ0v) is 21.8. The molecule has 0 heterocycles. The van der Waals surface area contributed by atoms with Gasteiger partial charge in [-0.1, -0.05) is 133 Å². The first-order valence-electron chi connectivity index (χ1n) is 13.3. The van der Waals surface area contributed by atoms with Crippen molar-refractivity contribution in [1.82, 2.24) is 0 Å². The standard InChI is InChI=1S/C28H54O3/c1-7-11-13-15-17-19-21-25-27(5,23-9-3)29-31-30-28(6,24-10-4)26-22-20-18-16-14-12-8-2/h9-10,23-24H,7-8,11-22,25-26H2,1-6H3. The molecule has 0 N–H and O–H groups in total. The lowest BCUT2D eigenvalue weighted by Gasteiger charge is -2.28. The maximum absolute atomic E-state index is 5.79. The largest absolute Gasteiger partial charge is 0.196 e. The van der Waals surface area contributed by atoms with Crippen LogP contribution in [0.25, 0.3) is 0 Å². The molecule has 0 spiro atoms. The van der Waals surface area contributed by atoms with Crippen LogP contribution in [-0.4, -0.2) is 11.2 Å². The summed E-state index contributed by atoms with van der Waals surface area (Å²) in [4.78, 5) is 11.6. The molecular weight excluding hydrogens is 384 g/mol. The summed E-state index contributed by atoms with van der Waals surface area (Å²) in [5.74, 6) is 0. The Hall–Kier alpha value is -0.640. The first-order chi connectivity index (χ1) is 14.9. The molecule has 0 aromatic heterocycles. The van der Waals surface area contributed by atoms with E-state index >= 15 is 0 Å². The van der Waals surface area contributed by atoms with Crippen LogP contribution in [0, 0.1) is 0 Å². The quantitative estimate of drug-likeness (QED) is 0.0728. The highest BCUT2D eigenvalue weighted by Crippen LogP contribution is 2.26. The van der Waals surface area contributed by atoms with Gasteiger partial charge in [-0.3, -0.25) is 0 Å². The maximum Gasteiger partial charge on any atom is 0.122 e. The van der Waals surface area contributed by atoms with E-state index in [0.29, 0.717) is 0 Å². The number of rotatable bonds is 22. The summed E-state index contributed by atoms with van der Waals surface area (Å²) in [6.45, 7) is 12.7. The average Bonchev–Trinajstić information content (AvgIpc) is 2.73. The Labute approximate surface area is 194 Å². The van der Waals surface area contributed by atoms with Crippen molar-refractivity contribution < 1.29 is 14.8 Å². The van der Waals surface area contributed by atoms with Crippen LogP contribution in [0.5, 0.6) is 0 Å². The highest BCUT2D eigenvalue weighted by molar-refractivity contribution is 4.98. The fourth-order valence-electron chi connectivity index (χ4n) is 4.05. The van der Waals surface area contributed by atoms with Crippen LogP contribution in [0.4, 0.5) is 0 Å². The highest BCUT2D eigenvalue weighted by atomic mass is 17.5. The summed E-state index contributed by atoms with van der Waals surface area (Å²) >= 11 is 0. The van der Waals surface area contributed by atoms with Crippen molar-refractivity contribution in [3.8, 4) is 0 Å². The van der Waals surface area contributed by atoms with Crippen molar-refractivity contribution in [2.45, 2.75) is 155 Å². The fourth-order valence-corrected chi connectivity index (χ4v) is 4.05. The summed E-state index contributed by atoms with van der Waals surface area (Å²) < 4.78 is 0. The van der Waals surface area contributed by atoms with Crippen molar-refractivity contribution in [2.24, 2.45) is 0 Å². The molecule has 0 radical (unpaired) electrons. The van der Waals surface area contributed by atoms with Crippen molar-refractivity contribution in [1.29, 1.82) is 0 Å². The summed E-state index contributed by atoms with van der Waals surface area (Å²) in [5.41, 5.74) is -0.900. The van der Waals surface area contributed by atoms with Gasteiger partial charge in [0.05, 0.1) is 0 Å². The number of unbranched alkanes of at least 4 members (excludes halogenated alkanes) is 12. The first-order valence-corrected chi connectivity index (χ1v) is 13.3. The second-order valence-electron chi connectivity index (χ2n) is 9.60. The van der Waals surface area contributed by atoms with Gasteiger partial charge < -0.3 is 0 Å². The van der Waals surface area contributed by atoms with Crippen LogP contribution < -0.4 is 0 Å². The Bertz CT molecular complexity index is 406. The Morgan fingerprint density at radius 2 is 0.839 bits per heavy atom. The van der Waals surface area contributed by atoms with Gasteiger partial charge in [-0.05, 0) is 40.5 Å². The van der Waals surface area contributed by atoms with Crippen molar-refractivity contribution in [2.75, 3.05) is 0 Å². The Kier molecular flexibility index (Phi) is 19.6. The van der Waals surface area contributed by atoms with Crippen LogP contribution in [0.15, 0.2) is 24.3 Å². The minimum atomic E-state index is -0.450. The summed E-state index contributed by atoms with van der Waals surface area (Å²) in [5, 5.41) is 5.39. The molecule has 0 bridgehead atoms. The molecule has 2 atom stereocenters. The second-order valence-corrected chi connectivity index (χ2v) is 9.60. The SMILES string of the molecule is CC=CC(C)(CCCCCCCCC)OOOC(C)(C=CC)CCCCCCCCC. The third-order valence-electron chi connectivity index (χ3n) is 6.04. The lowest BCUT2D eigenvalue weighted by molar-refractivity contribution is -0.558. The maximum atomic E-state index is 5.79. The van der Waals surface area contributed by atoms with Gasteiger partial charge in [-0.15, -0.1) is 0 Å². The van der Waals surface area contributed by atoms with E-state index < -0.39 is 11.2 Å². The Balaban J connectivity index is 4.32. The van der Waals surface area contributed by atoms with Gasteiger partial charge in [0.2, 0.25) is 0 Å². The molecule has 0 rings (SSSR count). The van der Waals surface area contributed by atoms with Crippen LogP contribution in [-0.2, 0) is 14.8 Å². The van der Waals surface area contributed by atoms with Gasteiger partial charge in [-0.2, -0.15) is 9.78 Å². The van der Waals surface area contributed by atoms with Gasteiger partial charge in [0.1, 0.15) is 11.2 Å². The van der Waals surface area contributed by atoms with E-state index in [9.17, 15) is 0 Å². The van der Waals surface area contributed by atoms with Gasteiger partial charge in [0, 0.05) is 0 Å². The van der Waals surface area contributed by atoms with Gasteiger partial charge in [0.15, 0.2) is 0 Å². The van der Waals surface area contributed by atoms with Crippen LogP contribution in [0.3, 0.4) is 0 Å². The molecule has 0 saturated heterocycles. The molecule has 0 aliphatic rings. The minimum absolute atomic E-state index is 0.450. The molecule has 184 valence electrons. The van der Waals surface area contributed by atoms with E-state index in [2.05, 4.69) is 39.8 Å². The predicted molar refractivity (Wildman–Crippen MR) is 135 cm³/mol. The van der Waals surface area contributed by atoms with Crippen LogP contribution in [0.2, 0.25) is 0 Å². The monoisotopic (exact) mass is 438 g/mol. The summed E-state index contributed by atoms with van der Waals surface area (Å²) in [6, 6.07) is 0. The topological polar surface area (TPSA) is 27.7 Å². The smallest absolute Gasteiger partial charge is 0.122 e. The lowest BCUT2D eigenvalue weighted by atomic mass is 9.97. The highest BCUT2D eigenvalue weighted by Gasteiger charge is 2.27. The summed E-state index contributed by atoms with van der Waals surface area (Å²) in [7, 11) is 0. The fraction of sp³-hybridized carbons (Fsp3) is 0.857. The number of hydrogen-bond acceptors (Lipinski definition) is 3. The van der Waals surface area contributed by atoms with Crippen LogP contribution >= 0.6 is 0 Å². The molecule has 0 fully saturated rings. The summed E-state index contributed by atoms with van der Waals surface area (Å²) in [6.07, 6.45) is 28.2. The lowest BCUT2D eigenvalue weighted by Crippen LogP contribution is -2.31. The molecule has 2 unspecified atom stereocenters. The van der Waals surface area contributed by atoms with Gasteiger partial charge >= 0.3 is 0 Å².